The zero-order valence-corrected chi connectivity index (χ0v) is 18.8. The number of aromatic amines is 1. The van der Waals surface area contributed by atoms with Crippen molar-refractivity contribution < 1.29 is 4.79 Å². The molecule has 2 saturated heterocycles. The molecule has 1 aromatic heterocycles. The highest BCUT2D eigenvalue weighted by Crippen LogP contribution is 2.23. The van der Waals surface area contributed by atoms with Gasteiger partial charge in [-0.3, -0.25) is 19.4 Å². The van der Waals surface area contributed by atoms with Gasteiger partial charge in [0.1, 0.15) is 0 Å². The summed E-state index contributed by atoms with van der Waals surface area (Å²) in [5.41, 5.74) is 2.27. The molecule has 2 aliphatic rings. The van der Waals surface area contributed by atoms with Crippen molar-refractivity contribution >= 4 is 21.8 Å². The second-order valence-electron chi connectivity index (χ2n) is 8.30. The summed E-state index contributed by atoms with van der Waals surface area (Å²) >= 11 is 3.63. The second kappa shape index (κ2) is 9.90. The van der Waals surface area contributed by atoms with Gasteiger partial charge in [-0.25, -0.2) is 0 Å². The molecular weight excluding hydrogens is 444 g/mol. The lowest BCUT2D eigenvalue weighted by molar-refractivity contribution is -0.139. The lowest BCUT2D eigenvalue weighted by Crippen LogP contribution is -2.51. The Morgan fingerprint density at radius 1 is 0.967 bits per heavy atom. The molecule has 1 aromatic carbocycles. The van der Waals surface area contributed by atoms with E-state index >= 15 is 0 Å². The van der Waals surface area contributed by atoms with Crippen LogP contribution in [0, 0.1) is 5.92 Å². The van der Waals surface area contributed by atoms with Gasteiger partial charge in [-0.1, -0.05) is 34.1 Å². The van der Waals surface area contributed by atoms with Gasteiger partial charge in [0.15, 0.2) is 0 Å². The second-order valence-corrected chi connectivity index (χ2v) is 9.16. The molecule has 0 bridgehead atoms. The van der Waals surface area contributed by atoms with E-state index in [1.165, 1.54) is 5.56 Å². The van der Waals surface area contributed by atoms with Crippen molar-refractivity contribution in [3.63, 3.8) is 0 Å². The minimum absolute atomic E-state index is 0.0590. The van der Waals surface area contributed by atoms with E-state index in [0.29, 0.717) is 5.91 Å². The number of aromatic nitrogens is 1. The third kappa shape index (κ3) is 5.39. The van der Waals surface area contributed by atoms with Crippen LogP contribution in [-0.2, 0) is 17.9 Å². The van der Waals surface area contributed by atoms with Crippen molar-refractivity contribution in [2.45, 2.75) is 25.9 Å². The van der Waals surface area contributed by atoms with Crippen molar-refractivity contribution in [1.82, 2.24) is 19.7 Å². The van der Waals surface area contributed by atoms with E-state index < -0.39 is 0 Å². The Balaban J connectivity index is 1.22. The number of hydrogen-bond donors (Lipinski definition) is 1. The topological polar surface area (TPSA) is 59.7 Å². The van der Waals surface area contributed by atoms with Crippen LogP contribution in [0.1, 0.15) is 24.0 Å². The predicted octanol–water partition coefficient (Wildman–Crippen LogP) is 2.69. The standard InChI is InChI=1S/C23H29BrN4O2/c24-21-4-2-1-3-20(21)17-27-11-13-28(14-12-27)23(30)19-6-9-26(10-7-19)16-18-5-8-25-22(29)15-18/h1-5,8,15,19H,6-7,9-14,16-17H2,(H,25,29). The molecule has 1 amide bonds. The number of piperazine rings is 1. The minimum Gasteiger partial charge on any atom is -0.340 e. The van der Waals surface area contributed by atoms with Crippen molar-refractivity contribution in [2.75, 3.05) is 39.3 Å². The Hall–Kier alpha value is -1.96. The van der Waals surface area contributed by atoms with Crippen molar-refractivity contribution in [3.8, 4) is 0 Å². The third-order valence-corrected chi connectivity index (χ3v) is 6.99. The van der Waals surface area contributed by atoms with Gasteiger partial charge < -0.3 is 9.88 Å². The summed E-state index contributed by atoms with van der Waals surface area (Å²) in [5.74, 6) is 0.460. The molecule has 0 spiro atoms. The van der Waals surface area contributed by atoms with E-state index in [1.54, 1.807) is 12.3 Å². The molecular formula is C23H29BrN4O2. The Labute approximate surface area is 186 Å². The normalized spacial score (nSPS) is 19.2. The number of carbonyl (C=O) groups is 1. The number of pyridine rings is 1. The Morgan fingerprint density at radius 2 is 1.67 bits per heavy atom. The number of amides is 1. The quantitative estimate of drug-likeness (QED) is 0.726. The van der Waals surface area contributed by atoms with Crippen LogP contribution in [0.5, 0.6) is 0 Å². The molecule has 0 radical (unpaired) electrons. The van der Waals surface area contributed by atoms with E-state index in [-0.39, 0.29) is 11.5 Å². The number of nitrogens with one attached hydrogen (secondary N) is 1. The molecule has 2 aliphatic heterocycles. The Morgan fingerprint density at radius 3 is 2.37 bits per heavy atom. The summed E-state index contributed by atoms with van der Waals surface area (Å²) in [5, 5.41) is 0. The van der Waals surface area contributed by atoms with Gasteiger partial charge in [0, 0.05) is 61.9 Å². The number of nitrogens with zero attached hydrogens (tertiary/aromatic N) is 3. The molecule has 4 rings (SSSR count). The van der Waals surface area contributed by atoms with Gasteiger partial charge in [0.25, 0.3) is 0 Å². The largest absolute Gasteiger partial charge is 0.340 e. The molecule has 3 heterocycles. The van der Waals surface area contributed by atoms with E-state index in [1.807, 2.05) is 12.1 Å². The SMILES string of the molecule is O=C(C1CCN(Cc2cc[nH]c(=O)c2)CC1)N1CCN(Cc2ccccc2Br)CC1. The zero-order valence-electron chi connectivity index (χ0n) is 17.2. The molecule has 1 N–H and O–H groups in total. The van der Waals surface area contributed by atoms with E-state index in [0.717, 1.165) is 75.2 Å². The first-order chi connectivity index (χ1) is 14.6. The van der Waals surface area contributed by atoms with Crippen LogP contribution in [0.25, 0.3) is 0 Å². The lowest BCUT2D eigenvalue weighted by atomic mass is 9.94. The highest BCUT2D eigenvalue weighted by Gasteiger charge is 2.30. The Bertz CT molecular complexity index is 915. The summed E-state index contributed by atoms with van der Waals surface area (Å²) in [6.45, 7) is 6.99. The zero-order chi connectivity index (χ0) is 20.9. The number of likely N-dealkylation sites (tertiary alicyclic amines) is 1. The van der Waals surface area contributed by atoms with Crippen LogP contribution in [0.15, 0.2) is 51.9 Å². The summed E-state index contributed by atoms with van der Waals surface area (Å²) in [4.78, 5) is 34.0. The Kier molecular flexibility index (Phi) is 7.02. The maximum atomic E-state index is 13.0. The lowest BCUT2D eigenvalue weighted by Gasteiger charge is -2.38. The monoisotopic (exact) mass is 472 g/mol. The number of benzene rings is 1. The first-order valence-corrected chi connectivity index (χ1v) is 11.5. The fourth-order valence-electron chi connectivity index (χ4n) is 4.44. The van der Waals surface area contributed by atoms with Crippen LogP contribution < -0.4 is 5.56 Å². The highest BCUT2D eigenvalue weighted by atomic mass is 79.9. The van der Waals surface area contributed by atoms with Crippen molar-refractivity contribution in [3.05, 3.63) is 68.5 Å². The van der Waals surface area contributed by atoms with Crippen LogP contribution in [0.2, 0.25) is 0 Å². The minimum atomic E-state index is -0.0590. The molecule has 0 atom stereocenters. The number of hydrogen-bond acceptors (Lipinski definition) is 4. The van der Waals surface area contributed by atoms with Gasteiger partial charge in [-0.15, -0.1) is 0 Å². The molecule has 0 aliphatic carbocycles. The maximum Gasteiger partial charge on any atom is 0.248 e. The molecule has 7 heteroatoms. The van der Waals surface area contributed by atoms with Gasteiger partial charge in [-0.2, -0.15) is 0 Å². The summed E-state index contributed by atoms with van der Waals surface area (Å²) in [6.07, 6.45) is 3.50. The van der Waals surface area contributed by atoms with E-state index in [4.69, 9.17) is 0 Å². The fraction of sp³-hybridized carbons (Fsp3) is 0.478. The summed E-state index contributed by atoms with van der Waals surface area (Å²) in [7, 11) is 0. The average Bonchev–Trinajstić information content (AvgIpc) is 2.76. The molecule has 2 aromatic rings. The van der Waals surface area contributed by atoms with Crippen LogP contribution in [0.3, 0.4) is 0 Å². The van der Waals surface area contributed by atoms with Gasteiger partial charge in [0.05, 0.1) is 0 Å². The van der Waals surface area contributed by atoms with Crippen LogP contribution in [0.4, 0.5) is 0 Å². The predicted molar refractivity (Wildman–Crippen MR) is 121 cm³/mol. The smallest absolute Gasteiger partial charge is 0.248 e. The van der Waals surface area contributed by atoms with Gasteiger partial charge >= 0.3 is 0 Å². The van der Waals surface area contributed by atoms with Gasteiger partial charge in [0.2, 0.25) is 11.5 Å². The number of halogens is 1. The summed E-state index contributed by atoms with van der Waals surface area (Å²) in [6, 6.07) is 12.0. The average molecular weight is 473 g/mol. The first kappa shape index (κ1) is 21.3. The van der Waals surface area contributed by atoms with Gasteiger partial charge in [-0.05, 0) is 49.2 Å². The molecule has 2 fully saturated rings. The number of carbonyl (C=O) groups excluding carboxylic acids is 1. The fourth-order valence-corrected chi connectivity index (χ4v) is 4.85. The first-order valence-electron chi connectivity index (χ1n) is 10.7. The summed E-state index contributed by atoms with van der Waals surface area (Å²) < 4.78 is 1.15. The third-order valence-electron chi connectivity index (χ3n) is 6.22. The van der Waals surface area contributed by atoms with E-state index in [2.05, 4.69) is 53.8 Å². The van der Waals surface area contributed by atoms with Crippen LogP contribution in [-0.4, -0.2) is 64.9 Å². The molecule has 6 nitrogen and oxygen atoms in total. The molecule has 0 unspecified atom stereocenters. The van der Waals surface area contributed by atoms with Crippen LogP contribution >= 0.6 is 15.9 Å². The number of rotatable bonds is 5. The van der Waals surface area contributed by atoms with E-state index in [9.17, 15) is 9.59 Å². The molecule has 0 saturated carbocycles. The maximum absolute atomic E-state index is 13.0. The van der Waals surface area contributed by atoms with Crippen molar-refractivity contribution in [1.29, 1.82) is 0 Å². The highest BCUT2D eigenvalue weighted by molar-refractivity contribution is 9.10. The molecule has 30 heavy (non-hydrogen) atoms. The number of piperidine rings is 1. The van der Waals surface area contributed by atoms with Crippen molar-refractivity contribution in [2.24, 2.45) is 5.92 Å². The number of H-pyrrole nitrogens is 1. The molecule has 160 valence electrons.